The number of hydrogen-bond acceptors (Lipinski definition) is 6. The average molecular weight is 807 g/mol. The Morgan fingerprint density at radius 2 is 1.12 bits per heavy atom. The summed E-state index contributed by atoms with van der Waals surface area (Å²) in [6.07, 6.45) is 1.87. The van der Waals surface area contributed by atoms with Gasteiger partial charge in [-0.15, -0.1) is 5.10 Å². The standard InChI is InChI=1S/C20H18F3N5.C13H7ClF3N3.C7H12N2/c1-24-15-5-7-16(8-6-15)26-18-9-10-19-25-12-17(28(19)27-18)13-3-2-4-14(11-13)20(21,22)23;14-11-4-5-12-18-7-10(20(12)19-11)8-2-1-3-9(6-8)13(15,16)17;1-9-7-4-2-6(8)3-5-7/h2-4,9-12,15-16H,5-8H2,(H,26,27);1-7H;6-7H,2-5,8H2. The molecule has 4 heterocycles. The molecule has 0 unspecified atom stereocenters. The molecule has 0 spiro atoms. The summed E-state index contributed by atoms with van der Waals surface area (Å²) >= 11 is 5.80. The lowest BCUT2D eigenvalue weighted by molar-refractivity contribution is -0.138. The van der Waals surface area contributed by atoms with Crippen LogP contribution in [0.4, 0.5) is 32.2 Å². The van der Waals surface area contributed by atoms with Crippen LogP contribution < -0.4 is 11.1 Å². The molecule has 2 saturated carbocycles. The summed E-state index contributed by atoms with van der Waals surface area (Å²) in [4.78, 5) is 15.4. The van der Waals surface area contributed by atoms with E-state index in [1.165, 1.54) is 29.0 Å². The molecule has 57 heavy (non-hydrogen) atoms. The number of nitrogens with two attached hydrogens (primary N) is 1. The van der Waals surface area contributed by atoms with Crippen molar-refractivity contribution < 1.29 is 26.3 Å². The van der Waals surface area contributed by atoms with Crippen molar-refractivity contribution >= 4 is 28.7 Å². The first-order chi connectivity index (χ1) is 27.2. The second-order valence-electron chi connectivity index (χ2n) is 13.8. The number of nitrogens with zero attached hydrogens (tertiary/aromatic N) is 8. The lowest BCUT2D eigenvalue weighted by atomic mass is 9.92. The Labute approximate surface area is 329 Å². The van der Waals surface area contributed by atoms with Crippen LogP contribution in [0, 0.1) is 13.1 Å². The molecule has 2 aliphatic carbocycles. The fraction of sp³-hybridized carbons (Fsp3) is 0.350. The van der Waals surface area contributed by atoms with Crippen molar-refractivity contribution in [2.45, 2.75) is 87.9 Å². The molecule has 296 valence electrons. The second-order valence-corrected chi connectivity index (χ2v) is 14.2. The maximum Gasteiger partial charge on any atom is 0.416 e. The lowest BCUT2D eigenvalue weighted by Crippen LogP contribution is -2.27. The van der Waals surface area contributed by atoms with E-state index in [2.05, 4.69) is 35.2 Å². The van der Waals surface area contributed by atoms with Crippen molar-refractivity contribution in [2.75, 3.05) is 5.32 Å². The topological polar surface area (TPSA) is 107 Å². The van der Waals surface area contributed by atoms with Crippen LogP contribution >= 0.6 is 11.6 Å². The molecule has 6 aromatic rings. The average Bonchev–Trinajstić information content (AvgIpc) is 3.82. The quantitative estimate of drug-likeness (QED) is 0.136. The van der Waals surface area contributed by atoms with E-state index in [0.717, 1.165) is 75.6 Å². The van der Waals surface area contributed by atoms with Gasteiger partial charge in [-0.1, -0.05) is 35.9 Å². The number of imidazole rings is 2. The zero-order chi connectivity index (χ0) is 40.7. The SMILES string of the molecule is FC(F)(F)c1cccc(-c2cnc3ccc(Cl)nn23)c1.[C-]#[N+]C1CCC(N)CC1.[C-]#[N+]C1CCC(Nc2ccc3ncc(-c4cccc(C(F)(F)F)c4)n3n2)CC1. The lowest BCUT2D eigenvalue weighted by Gasteiger charge is -2.24. The number of nitrogens with one attached hydrogen (secondary N) is 1. The van der Waals surface area contributed by atoms with Crippen LogP contribution in [0.1, 0.15) is 62.5 Å². The number of alkyl halides is 6. The molecule has 2 fully saturated rings. The first-order valence-corrected chi connectivity index (χ1v) is 18.5. The van der Waals surface area contributed by atoms with Crippen molar-refractivity contribution in [1.29, 1.82) is 0 Å². The highest BCUT2D eigenvalue weighted by atomic mass is 35.5. The number of aromatic nitrogens is 6. The normalized spacial score (nSPS) is 19.7. The summed E-state index contributed by atoms with van der Waals surface area (Å²) in [5.41, 5.74) is 7.05. The summed E-state index contributed by atoms with van der Waals surface area (Å²) < 4.78 is 80.3. The van der Waals surface area contributed by atoms with E-state index in [1.54, 1.807) is 34.8 Å². The highest BCUT2D eigenvalue weighted by molar-refractivity contribution is 6.29. The molecule has 0 atom stereocenters. The highest BCUT2D eigenvalue weighted by Gasteiger charge is 2.32. The summed E-state index contributed by atoms with van der Waals surface area (Å²) in [6.45, 7) is 13.9. The molecule has 8 rings (SSSR count). The van der Waals surface area contributed by atoms with Crippen LogP contribution in [0.3, 0.4) is 0 Å². The summed E-state index contributed by atoms with van der Waals surface area (Å²) in [6, 6.07) is 18.0. The Balaban J connectivity index is 0.000000164. The van der Waals surface area contributed by atoms with Gasteiger partial charge in [0, 0.05) is 48.9 Å². The first-order valence-electron chi connectivity index (χ1n) is 18.2. The number of benzene rings is 2. The van der Waals surface area contributed by atoms with E-state index < -0.39 is 23.5 Å². The smallest absolute Gasteiger partial charge is 0.366 e. The van der Waals surface area contributed by atoms with Gasteiger partial charge in [-0.3, -0.25) is 0 Å². The molecule has 10 nitrogen and oxygen atoms in total. The van der Waals surface area contributed by atoms with Gasteiger partial charge in [-0.2, -0.15) is 31.4 Å². The molecule has 3 N–H and O–H groups in total. The van der Waals surface area contributed by atoms with E-state index in [-0.39, 0.29) is 23.3 Å². The monoisotopic (exact) mass is 806 g/mol. The van der Waals surface area contributed by atoms with Crippen molar-refractivity contribution in [2.24, 2.45) is 5.73 Å². The molecule has 2 aliphatic rings. The Hall–Kier alpha value is -5.71. The van der Waals surface area contributed by atoms with Gasteiger partial charge in [-0.25, -0.2) is 32.1 Å². The zero-order valence-corrected chi connectivity index (χ0v) is 31.1. The fourth-order valence-electron chi connectivity index (χ4n) is 6.69. The molecule has 0 radical (unpaired) electrons. The predicted octanol–water partition coefficient (Wildman–Crippen LogP) is 10.3. The Morgan fingerprint density at radius 1 is 0.649 bits per heavy atom. The van der Waals surface area contributed by atoms with Gasteiger partial charge in [0.2, 0.25) is 12.1 Å². The number of hydrogen-bond donors (Lipinski definition) is 2. The van der Waals surface area contributed by atoms with Gasteiger partial charge >= 0.3 is 12.4 Å². The minimum atomic E-state index is -4.40. The number of rotatable bonds is 4. The fourth-order valence-corrected chi connectivity index (χ4v) is 6.83. The van der Waals surface area contributed by atoms with Gasteiger partial charge in [-0.05, 0) is 74.2 Å². The minimum Gasteiger partial charge on any atom is -0.366 e. The maximum atomic E-state index is 13.0. The second kappa shape index (κ2) is 17.6. The van der Waals surface area contributed by atoms with E-state index >= 15 is 0 Å². The van der Waals surface area contributed by atoms with Gasteiger partial charge < -0.3 is 20.7 Å². The third-order valence-electron chi connectivity index (χ3n) is 9.82. The molecular weight excluding hydrogens is 770 g/mol. The third-order valence-corrected chi connectivity index (χ3v) is 10.0. The van der Waals surface area contributed by atoms with E-state index in [4.69, 9.17) is 30.5 Å². The van der Waals surface area contributed by atoms with Crippen molar-refractivity contribution in [1.82, 2.24) is 29.2 Å². The summed E-state index contributed by atoms with van der Waals surface area (Å²) in [7, 11) is 0. The van der Waals surface area contributed by atoms with E-state index in [0.29, 0.717) is 45.7 Å². The highest BCUT2D eigenvalue weighted by Crippen LogP contribution is 2.34. The first kappa shape index (κ1) is 40.9. The van der Waals surface area contributed by atoms with Crippen LogP contribution in [-0.2, 0) is 12.4 Å². The maximum absolute atomic E-state index is 13.0. The molecule has 0 bridgehead atoms. The molecule has 4 aromatic heterocycles. The summed E-state index contributed by atoms with van der Waals surface area (Å²) in [5.74, 6) is 0.644. The Kier molecular flexibility index (Phi) is 12.6. The molecule has 17 heteroatoms. The number of halogens is 7. The van der Waals surface area contributed by atoms with Crippen LogP contribution in [0.2, 0.25) is 5.15 Å². The van der Waals surface area contributed by atoms with Crippen LogP contribution in [-0.4, -0.2) is 53.4 Å². The molecule has 0 aliphatic heterocycles. The molecular formula is C40H37ClF6N10. The number of fused-ring (bicyclic) bond motifs is 2. The Bertz CT molecular complexity index is 2380. The van der Waals surface area contributed by atoms with Crippen LogP contribution in [0.15, 0.2) is 85.2 Å². The Morgan fingerprint density at radius 3 is 1.61 bits per heavy atom. The van der Waals surface area contributed by atoms with Crippen LogP contribution in [0.25, 0.3) is 43.5 Å². The third kappa shape index (κ3) is 10.4. The van der Waals surface area contributed by atoms with Crippen LogP contribution in [0.5, 0.6) is 0 Å². The molecule has 2 aromatic carbocycles. The van der Waals surface area contributed by atoms with E-state index in [1.807, 2.05) is 6.07 Å². The van der Waals surface area contributed by atoms with Gasteiger partial charge in [0.15, 0.2) is 11.3 Å². The van der Waals surface area contributed by atoms with Crippen molar-refractivity contribution in [3.63, 3.8) is 0 Å². The van der Waals surface area contributed by atoms with E-state index in [9.17, 15) is 26.3 Å². The van der Waals surface area contributed by atoms with Crippen molar-refractivity contribution in [3.8, 4) is 22.5 Å². The minimum absolute atomic E-state index is 0.106. The molecule has 0 saturated heterocycles. The largest absolute Gasteiger partial charge is 0.416 e. The number of anilines is 1. The molecule has 0 amide bonds. The predicted molar refractivity (Wildman–Crippen MR) is 205 cm³/mol. The van der Waals surface area contributed by atoms with Gasteiger partial charge in [0.25, 0.3) is 0 Å². The van der Waals surface area contributed by atoms with Gasteiger partial charge in [0.05, 0.1) is 34.9 Å². The van der Waals surface area contributed by atoms with Crippen molar-refractivity contribution in [3.05, 3.63) is 124 Å². The summed E-state index contributed by atoms with van der Waals surface area (Å²) in [5, 5.41) is 12.2. The van der Waals surface area contributed by atoms with Gasteiger partial charge in [0.1, 0.15) is 11.0 Å². The zero-order valence-electron chi connectivity index (χ0n) is 30.3.